The van der Waals surface area contributed by atoms with Crippen LogP contribution >= 0.6 is 0 Å². The largest absolute Gasteiger partial charge is 0.497 e. The summed E-state index contributed by atoms with van der Waals surface area (Å²) in [6.07, 6.45) is 3.66. The van der Waals surface area contributed by atoms with Crippen LogP contribution in [0.4, 0.5) is 0 Å². The van der Waals surface area contributed by atoms with Gasteiger partial charge in [0.15, 0.2) is 0 Å². The second-order valence-corrected chi connectivity index (χ2v) is 7.15. The van der Waals surface area contributed by atoms with Crippen molar-refractivity contribution < 1.29 is 14.6 Å². The third-order valence-corrected chi connectivity index (χ3v) is 5.11. The summed E-state index contributed by atoms with van der Waals surface area (Å²) in [6.45, 7) is 5.97. The lowest BCUT2D eigenvalue weighted by atomic mass is 9.81. The lowest BCUT2D eigenvalue weighted by molar-refractivity contribution is -0.123. The van der Waals surface area contributed by atoms with E-state index in [-0.39, 0.29) is 17.7 Å². The molecule has 128 valence electrons. The van der Waals surface area contributed by atoms with Gasteiger partial charge in [0.2, 0.25) is 5.91 Å². The summed E-state index contributed by atoms with van der Waals surface area (Å²) < 4.78 is 5.29. The Morgan fingerprint density at radius 3 is 2.87 bits per heavy atom. The molecule has 0 radical (unpaired) electrons. The topological polar surface area (TPSA) is 58.6 Å². The molecule has 0 heterocycles. The Hall–Kier alpha value is -1.55. The lowest BCUT2D eigenvalue weighted by Gasteiger charge is -2.29. The van der Waals surface area contributed by atoms with E-state index >= 15 is 0 Å². The zero-order valence-corrected chi connectivity index (χ0v) is 14.7. The second kappa shape index (κ2) is 7.35. The average molecular weight is 319 g/mol. The molecule has 0 saturated heterocycles. The van der Waals surface area contributed by atoms with Crippen molar-refractivity contribution in [1.29, 1.82) is 0 Å². The summed E-state index contributed by atoms with van der Waals surface area (Å²) in [5, 5.41) is 13.1. The van der Waals surface area contributed by atoms with Crippen molar-refractivity contribution in [2.45, 2.75) is 58.0 Å². The van der Waals surface area contributed by atoms with Crippen molar-refractivity contribution in [3.05, 3.63) is 29.3 Å². The minimum absolute atomic E-state index is 0.0135. The van der Waals surface area contributed by atoms with Gasteiger partial charge in [-0.25, -0.2) is 0 Å². The van der Waals surface area contributed by atoms with Gasteiger partial charge < -0.3 is 15.2 Å². The van der Waals surface area contributed by atoms with Gasteiger partial charge >= 0.3 is 0 Å². The molecule has 2 rings (SSSR count). The minimum atomic E-state index is -0.868. The van der Waals surface area contributed by atoms with Crippen molar-refractivity contribution in [2.24, 2.45) is 5.92 Å². The Labute approximate surface area is 139 Å². The van der Waals surface area contributed by atoms with E-state index in [2.05, 4.69) is 17.4 Å². The van der Waals surface area contributed by atoms with E-state index in [0.29, 0.717) is 13.0 Å². The highest BCUT2D eigenvalue weighted by Crippen LogP contribution is 2.35. The number of nitrogens with one attached hydrogen (secondary N) is 1. The van der Waals surface area contributed by atoms with Crippen molar-refractivity contribution in [1.82, 2.24) is 5.32 Å². The number of ether oxygens (including phenoxy) is 1. The van der Waals surface area contributed by atoms with Crippen molar-refractivity contribution in [3.63, 3.8) is 0 Å². The molecule has 1 aliphatic carbocycles. The maximum Gasteiger partial charge on any atom is 0.220 e. The second-order valence-electron chi connectivity index (χ2n) is 7.15. The predicted molar refractivity (Wildman–Crippen MR) is 91.8 cm³/mol. The van der Waals surface area contributed by atoms with Gasteiger partial charge in [-0.1, -0.05) is 19.9 Å². The number of aliphatic hydroxyl groups is 1. The summed E-state index contributed by atoms with van der Waals surface area (Å²) in [5.74, 6) is 1.25. The molecule has 2 atom stereocenters. The highest BCUT2D eigenvalue weighted by molar-refractivity contribution is 5.77. The Morgan fingerprint density at radius 1 is 1.48 bits per heavy atom. The van der Waals surface area contributed by atoms with Gasteiger partial charge in [0.1, 0.15) is 5.75 Å². The summed E-state index contributed by atoms with van der Waals surface area (Å²) >= 11 is 0. The van der Waals surface area contributed by atoms with E-state index in [4.69, 9.17) is 4.74 Å². The highest BCUT2D eigenvalue weighted by atomic mass is 16.5. The van der Waals surface area contributed by atoms with Crippen LogP contribution in [0.15, 0.2) is 18.2 Å². The van der Waals surface area contributed by atoms with Crippen LogP contribution in [0.2, 0.25) is 0 Å². The molecular formula is C19H29NO3. The summed E-state index contributed by atoms with van der Waals surface area (Å²) in [6, 6.07) is 6.15. The van der Waals surface area contributed by atoms with Crippen LogP contribution in [-0.2, 0) is 11.2 Å². The maximum atomic E-state index is 12.3. The summed E-state index contributed by atoms with van der Waals surface area (Å²) in [7, 11) is 1.68. The molecular weight excluding hydrogens is 290 g/mol. The van der Waals surface area contributed by atoms with Gasteiger partial charge in [0, 0.05) is 13.0 Å². The molecule has 0 aliphatic heterocycles. The maximum absolute atomic E-state index is 12.3. The van der Waals surface area contributed by atoms with E-state index < -0.39 is 5.60 Å². The van der Waals surface area contributed by atoms with E-state index in [1.54, 1.807) is 14.0 Å². The number of carbonyl (C=O) groups is 1. The highest BCUT2D eigenvalue weighted by Gasteiger charge is 2.27. The standard InChI is InChI=1S/C19H29NO3/c1-13(2)19(3,22)12-20-18(21)11-15-7-5-6-14-10-16(23-4)8-9-17(14)15/h8-10,13,15,22H,5-7,11-12H2,1-4H3,(H,20,21). The summed E-state index contributed by atoms with van der Waals surface area (Å²) in [4.78, 5) is 12.3. The fraction of sp³-hybridized carbons (Fsp3) is 0.632. The number of carbonyl (C=O) groups excluding carboxylic acids is 1. The van der Waals surface area contributed by atoms with Gasteiger partial charge in [-0.3, -0.25) is 4.79 Å². The van der Waals surface area contributed by atoms with Crippen LogP contribution in [0.25, 0.3) is 0 Å². The first-order valence-electron chi connectivity index (χ1n) is 8.49. The molecule has 1 aromatic carbocycles. The number of hydrogen-bond acceptors (Lipinski definition) is 3. The average Bonchev–Trinajstić information content (AvgIpc) is 2.52. The minimum Gasteiger partial charge on any atom is -0.497 e. The van der Waals surface area contributed by atoms with Gasteiger partial charge in [-0.15, -0.1) is 0 Å². The van der Waals surface area contributed by atoms with E-state index in [1.807, 2.05) is 19.9 Å². The number of hydrogen-bond donors (Lipinski definition) is 2. The molecule has 0 bridgehead atoms. The number of benzene rings is 1. The molecule has 23 heavy (non-hydrogen) atoms. The van der Waals surface area contributed by atoms with Crippen molar-refractivity contribution >= 4 is 5.91 Å². The Bertz CT molecular complexity index is 552. The number of fused-ring (bicyclic) bond motifs is 1. The fourth-order valence-electron chi connectivity index (χ4n) is 3.01. The Kier molecular flexibility index (Phi) is 5.69. The van der Waals surface area contributed by atoms with E-state index in [0.717, 1.165) is 25.0 Å². The molecule has 0 fully saturated rings. The normalized spacial score (nSPS) is 19.8. The molecule has 0 saturated carbocycles. The number of methoxy groups -OCH3 is 1. The molecule has 4 heteroatoms. The van der Waals surface area contributed by atoms with Crippen LogP contribution in [0.3, 0.4) is 0 Å². The molecule has 2 N–H and O–H groups in total. The van der Waals surface area contributed by atoms with Crippen LogP contribution < -0.4 is 10.1 Å². The SMILES string of the molecule is COc1ccc2c(c1)CCCC2CC(=O)NCC(C)(O)C(C)C. The van der Waals surface area contributed by atoms with Crippen molar-refractivity contribution in [2.75, 3.05) is 13.7 Å². The first-order chi connectivity index (χ1) is 10.8. The number of aryl methyl sites for hydroxylation is 1. The molecule has 1 aliphatic rings. The molecule has 1 aromatic rings. The van der Waals surface area contributed by atoms with Crippen LogP contribution in [0, 0.1) is 5.92 Å². The number of rotatable bonds is 6. The fourth-order valence-corrected chi connectivity index (χ4v) is 3.01. The molecule has 4 nitrogen and oxygen atoms in total. The van der Waals surface area contributed by atoms with E-state index in [1.165, 1.54) is 11.1 Å². The van der Waals surface area contributed by atoms with Crippen LogP contribution in [-0.4, -0.2) is 30.3 Å². The molecule has 2 unspecified atom stereocenters. The number of amides is 1. The summed E-state index contributed by atoms with van der Waals surface area (Å²) in [5.41, 5.74) is 1.69. The van der Waals surface area contributed by atoms with E-state index in [9.17, 15) is 9.90 Å². The quantitative estimate of drug-likeness (QED) is 0.847. The van der Waals surface area contributed by atoms with Gasteiger partial charge in [0.25, 0.3) is 0 Å². The van der Waals surface area contributed by atoms with Gasteiger partial charge in [0.05, 0.1) is 12.7 Å². The smallest absolute Gasteiger partial charge is 0.220 e. The van der Waals surface area contributed by atoms with Gasteiger partial charge in [-0.05, 0) is 61.3 Å². The van der Waals surface area contributed by atoms with Gasteiger partial charge in [-0.2, -0.15) is 0 Å². The third-order valence-electron chi connectivity index (χ3n) is 5.11. The molecule has 0 spiro atoms. The van der Waals surface area contributed by atoms with Crippen LogP contribution in [0.1, 0.15) is 57.1 Å². The van der Waals surface area contributed by atoms with Crippen LogP contribution in [0.5, 0.6) is 5.75 Å². The zero-order valence-electron chi connectivity index (χ0n) is 14.7. The first-order valence-corrected chi connectivity index (χ1v) is 8.49. The zero-order chi connectivity index (χ0) is 17.0. The van der Waals surface area contributed by atoms with Crippen molar-refractivity contribution in [3.8, 4) is 5.75 Å². The molecule has 1 amide bonds. The Morgan fingerprint density at radius 2 is 2.22 bits per heavy atom. The first kappa shape index (κ1) is 17.8. The third kappa shape index (κ3) is 4.47. The predicted octanol–water partition coefficient (Wildman–Crippen LogP) is 3.03. The monoisotopic (exact) mass is 319 g/mol. The molecule has 0 aromatic heterocycles. The Balaban J connectivity index is 1.98. The lowest BCUT2D eigenvalue weighted by Crippen LogP contribution is -2.44.